The van der Waals surface area contributed by atoms with Gasteiger partial charge < -0.3 is 24.8 Å². The summed E-state index contributed by atoms with van der Waals surface area (Å²) in [6.07, 6.45) is 5.79. The molecule has 1 aliphatic carbocycles. The van der Waals surface area contributed by atoms with Gasteiger partial charge in [-0.1, -0.05) is 23.2 Å². The fourth-order valence-electron chi connectivity index (χ4n) is 5.11. The molecule has 9 nitrogen and oxygen atoms in total. The van der Waals surface area contributed by atoms with Crippen LogP contribution in [0.15, 0.2) is 36.8 Å². The van der Waals surface area contributed by atoms with E-state index in [0.717, 1.165) is 12.8 Å². The highest BCUT2D eigenvalue weighted by molar-refractivity contribution is 6.35. The number of hydrogen-bond donors (Lipinski definition) is 3. The molecule has 0 bridgehead atoms. The Balaban J connectivity index is 1.24. The Morgan fingerprint density at radius 3 is 2.52 bits per heavy atom. The van der Waals surface area contributed by atoms with Crippen molar-refractivity contribution in [3.8, 4) is 22.8 Å². The quantitative estimate of drug-likeness (QED) is 0.242. The molecule has 3 N–H and O–H groups in total. The van der Waals surface area contributed by atoms with E-state index in [4.69, 9.17) is 32.7 Å². The third-order valence-corrected chi connectivity index (χ3v) is 8.20. The van der Waals surface area contributed by atoms with Crippen molar-refractivity contribution in [2.24, 2.45) is 0 Å². The number of methoxy groups -OCH3 is 1. The number of aliphatic hydroxyl groups is 1. The van der Waals surface area contributed by atoms with Gasteiger partial charge in [0, 0.05) is 60.8 Å². The van der Waals surface area contributed by atoms with E-state index in [-0.39, 0.29) is 5.54 Å². The first kappa shape index (κ1) is 27.0. The van der Waals surface area contributed by atoms with Crippen LogP contribution in [0.4, 0.5) is 10.2 Å². The van der Waals surface area contributed by atoms with Crippen molar-refractivity contribution in [2.45, 2.75) is 43.9 Å². The third-order valence-electron chi connectivity index (χ3n) is 7.59. The van der Waals surface area contributed by atoms with Gasteiger partial charge in [0.15, 0.2) is 23.1 Å². The van der Waals surface area contributed by atoms with Crippen molar-refractivity contribution >= 4 is 39.9 Å². The number of nitrogens with zero attached hydrogens (tertiary/aromatic N) is 4. The van der Waals surface area contributed by atoms with E-state index in [2.05, 4.69) is 32.4 Å². The summed E-state index contributed by atoms with van der Waals surface area (Å²) in [6.45, 7) is 5.65. The predicted octanol–water partition coefficient (Wildman–Crippen LogP) is 5.31. The van der Waals surface area contributed by atoms with Crippen LogP contribution in [0.1, 0.15) is 38.4 Å². The Labute approximate surface area is 240 Å². The first-order valence-corrected chi connectivity index (χ1v) is 13.7. The highest BCUT2D eigenvalue weighted by atomic mass is 35.5. The lowest BCUT2D eigenvalue weighted by Crippen LogP contribution is -2.69. The Hall–Kier alpha value is -3.18. The highest BCUT2D eigenvalue weighted by Crippen LogP contribution is 2.41. The number of anilines is 1. The number of hydrogen-bond acceptors (Lipinski definition) is 8. The zero-order valence-electron chi connectivity index (χ0n) is 22.3. The molecule has 6 rings (SSSR count). The summed E-state index contributed by atoms with van der Waals surface area (Å²) < 4.78 is 27.1. The van der Waals surface area contributed by atoms with Crippen molar-refractivity contribution in [3.05, 3.63) is 58.2 Å². The van der Waals surface area contributed by atoms with Crippen LogP contribution in [0.25, 0.3) is 22.2 Å². The van der Waals surface area contributed by atoms with E-state index in [1.807, 2.05) is 11.8 Å². The van der Waals surface area contributed by atoms with Gasteiger partial charge in [0.1, 0.15) is 11.8 Å². The summed E-state index contributed by atoms with van der Waals surface area (Å²) in [5.74, 6) is 0.789. The molecule has 2 fully saturated rings. The average Bonchev–Trinajstić information content (AvgIpc) is 3.50. The minimum Gasteiger partial charge on any atom is -0.493 e. The lowest BCUT2D eigenvalue weighted by Gasteiger charge is -2.49. The molecule has 3 aromatic heterocycles. The Morgan fingerprint density at radius 1 is 1.15 bits per heavy atom. The molecule has 1 aliphatic heterocycles. The fraction of sp³-hybridized carbons (Fsp3) is 0.393. The summed E-state index contributed by atoms with van der Waals surface area (Å²) in [6, 6.07) is 5.00. The number of aromatic nitrogens is 4. The molecule has 2 aliphatic rings. The van der Waals surface area contributed by atoms with Gasteiger partial charge in [-0.25, -0.2) is 9.37 Å². The second kappa shape index (κ2) is 10.0. The topological polar surface area (TPSA) is 108 Å². The molecule has 0 radical (unpaired) electrons. The normalized spacial score (nSPS) is 17.9. The molecule has 12 heteroatoms. The summed E-state index contributed by atoms with van der Waals surface area (Å²) in [4.78, 5) is 10.3. The van der Waals surface area contributed by atoms with Crippen molar-refractivity contribution < 1.29 is 19.0 Å². The molecule has 1 saturated carbocycles. The first-order valence-electron chi connectivity index (χ1n) is 13.0. The number of aromatic amines is 1. The van der Waals surface area contributed by atoms with Crippen LogP contribution in [-0.4, -0.2) is 63.2 Å². The maximum Gasteiger partial charge on any atom is 0.166 e. The van der Waals surface area contributed by atoms with Gasteiger partial charge >= 0.3 is 0 Å². The van der Waals surface area contributed by atoms with Gasteiger partial charge in [-0.05, 0) is 38.8 Å². The number of nitrogens with one attached hydrogen (secondary N) is 2. The van der Waals surface area contributed by atoms with Gasteiger partial charge in [-0.15, -0.1) is 0 Å². The lowest BCUT2D eigenvalue weighted by atomic mass is 9.91. The number of ether oxygens (including phenoxy) is 2. The minimum absolute atomic E-state index is 0.194. The van der Waals surface area contributed by atoms with Crippen LogP contribution in [0.3, 0.4) is 0 Å². The molecule has 4 aromatic rings. The zero-order valence-corrected chi connectivity index (χ0v) is 23.8. The van der Waals surface area contributed by atoms with E-state index in [1.165, 1.54) is 18.5 Å². The maximum absolute atomic E-state index is 15.3. The van der Waals surface area contributed by atoms with Crippen molar-refractivity contribution in [1.82, 2.24) is 25.5 Å². The fourth-order valence-corrected chi connectivity index (χ4v) is 5.78. The standard InChI is InChI=1S/C28H29Cl2FN6O3/c1-15(24-18(29)10-32-11-19(24)30)40-23-7-17-21(8-22(23)39-3)35-36-25(17)16-6-20(31)26(33-9-16)37-13-27(2,14-37)34-12-28(38)4-5-28/h6-11,15,34,38H,4-5,12-14H2,1-3H3,(H,35,36)/t15-/m1/s1. The number of β-amino-alcohol motifs (C(OH)–C–C–N with tert-alkyl or cyclic N) is 1. The monoisotopic (exact) mass is 586 g/mol. The van der Waals surface area contributed by atoms with E-state index < -0.39 is 17.5 Å². The SMILES string of the molecule is COc1cc2[nH]nc(-c3cnc(N4CC(C)(NCC5(O)CC5)C4)c(F)c3)c2cc1O[C@H](C)c1c(Cl)cncc1Cl. The highest BCUT2D eigenvalue weighted by Gasteiger charge is 2.45. The van der Waals surface area contributed by atoms with Crippen LogP contribution in [-0.2, 0) is 0 Å². The smallest absolute Gasteiger partial charge is 0.166 e. The number of rotatable bonds is 9. The van der Waals surface area contributed by atoms with Gasteiger partial charge in [0.05, 0.1) is 33.8 Å². The Kier molecular flexibility index (Phi) is 6.77. The van der Waals surface area contributed by atoms with Crippen LogP contribution >= 0.6 is 23.2 Å². The zero-order chi connectivity index (χ0) is 28.2. The minimum atomic E-state index is -0.576. The molecule has 0 amide bonds. The summed E-state index contributed by atoms with van der Waals surface area (Å²) in [7, 11) is 1.55. The molecular weight excluding hydrogens is 558 g/mol. The van der Waals surface area contributed by atoms with E-state index in [9.17, 15) is 5.11 Å². The number of halogens is 3. The van der Waals surface area contributed by atoms with E-state index >= 15 is 4.39 Å². The van der Waals surface area contributed by atoms with Crippen LogP contribution < -0.4 is 19.7 Å². The first-order chi connectivity index (χ1) is 19.1. The molecule has 40 heavy (non-hydrogen) atoms. The average molecular weight is 587 g/mol. The Morgan fingerprint density at radius 2 is 1.88 bits per heavy atom. The summed E-state index contributed by atoms with van der Waals surface area (Å²) in [5, 5.41) is 22.5. The Bertz CT molecular complexity index is 1570. The number of H-pyrrole nitrogens is 1. The second-order valence-corrected chi connectivity index (χ2v) is 11.7. The number of benzene rings is 1. The number of pyridine rings is 2. The predicted molar refractivity (Wildman–Crippen MR) is 152 cm³/mol. The number of fused-ring (bicyclic) bond motifs is 1. The van der Waals surface area contributed by atoms with Crippen molar-refractivity contribution in [2.75, 3.05) is 31.6 Å². The van der Waals surface area contributed by atoms with Crippen molar-refractivity contribution in [1.29, 1.82) is 0 Å². The molecule has 210 valence electrons. The molecular formula is C28H29Cl2FN6O3. The van der Waals surface area contributed by atoms with Gasteiger partial charge in [-0.3, -0.25) is 10.1 Å². The molecule has 1 aromatic carbocycles. The molecule has 1 atom stereocenters. The van der Waals surface area contributed by atoms with Gasteiger partial charge in [0.2, 0.25) is 0 Å². The molecule has 0 spiro atoms. The van der Waals surface area contributed by atoms with Crippen LogP contribution in [0.5, 0.6) is 11.5 Å². The largest absolute Gasteiger partial charge is 0.493 e. The molecule has 4 heterocycles. The maximum atomic E-state index is 15.3. The molecule has 0 unspecified atom stereocenters. The van der Waals surface area contributed by atoms with Crippen molar-refractivity contribution in [3.63, 3.8) is 0 Å². The molecule has 1 saturated heterocycles. The lowest BCUT2D eigenvalue weighted by molar-refractivity contribution is 0.127. The van der Waals surface area contributed by atoms with Crippen LogP contribution in [0, 0.1) is 5.82 Å². The van der Waals surface area contributed by atoms with E-state index in [1.54, 1.807) is 25.4 Å². The van der Waals surface area contributed by atoms with E-state index in [0.29, 0.717) is 74.7 Å². The third kappa shape index (κ3) is 5.05. The second-order valence-electron chi connectivity index (χ2n) is 10.9. The summed E-state index contributed by atoms with van der Waals surface area (Å²) in [5.41, 5.74) is 1.58. The van der Waals surface area contributed by atoms with Gasteiger partial charge in [0.25, 0.3) is 0 Å². The van der Waals surface area contributed by atoms with Crippen LogP contribution in [0.2, 0.25) is 10.0 Å². The van der Waals surface area contributed by atoms with Gasteiger partial charge in [-0.2, -0.15) is 5.10 Å². The summed E-state index contributed by atoms with van der Waals surface area (Å²) >= 11 is 12.7.